The lowest BCUT2D eigenvalue weighted by molar-refractivity contribution is 0.566. The van der Waals surface area contributed by atoms with Gasteiger partial charge in [-0.15, -0.1) is 0 Å². The lowest BCUT2D eigenvalue weighted by Gasteiger charge is -2.28. The summed E-state index contributed by atoms with van der Waals surface area (Å²) in [5.74, 6) is 0.914. The van der Waals surface area contributed by atoms with Gasteiger partial charge in [0.15, 0.2) is 0 Å². The van der Waals surface area contributed by atoms with E-state index in [2.05, 4.69) is 231 Å². The minimum Gasteiger partial charge on any atom is -0.366 e. The molecule has 0 bridgehead atoms. The molecular weight excluding hydrogens is 781 g/mol. The van der Waals surface area contributed by atoms with E-state index in [4.69, 9.17) is 4.99 Å². The predicted octanol–water partition coefficient (Wildman–Crippen LogP) is 13.8. The normalized spacial score (nSPS) is 14.6. The zero-order valence-electron chi connectivity index (χ0n) is 35.0. The fourth-order valence-corrected chi connectivity index (χ4v) is 10.1. The molecule has 64 heavy (non-hydrogen) atoms. The fraction of sp³-hybridized carbons (Fsp3) is 0.0517. The van der Waals surface area contributed by atoms with E-state index in [-0.39, 0.29) is 6.17 Å². The molecule has 2 aliphatic rings. The molecule has 0 aliphatic carbocycles. The van der Waals surface area contributed by atoms with Crippen LogP contribution in [0.15, 0.2) is 211 Å². The van der Waals surface area contributed by atoms with Crippen molar-refractivity contribution in [1.82, 2.24) is 14.5 Å². The summed E-state index contributed by atoms with van der Waals surface area (Å²) < 4.78 is 4.85. The smallest absolute Gasteiger partial charge is 0.133 e. The van der Waals surface area contributed by atoms with Crippen LogP contribution in [0.2, 0.25) is 0 Å². The average molecular weight is 823 g/mol. The summed E-state index contributed by atoms with van der Waals surface area (Å²) in [5, 5.41) is 15.8. The number of nitrogens with zero attached hydrogens (tertiary/aromatic N) is 3. The second kappa shape index (κ2) is 14.7. The van der Waals surface area contributed by atoms with Gasteiger partial charge in [0.1, 0.15) is 12.0 Å². The highest BCUT2D eigenvalue weighted by Gasteiger charge is 2.22. The number of aliphatic imine (C=N–C) groups is 1. The van der Waals surface area contributed by atoms with Gasteiger partial charge in [-0.25, -0.2) is 0 Å². The maximum atomic E-state index is 4.82. The molecule has 0 radical (unpaired) electrons. The molecule has 3 N–H and O–H groups in total. The predicted molar refractivity (Wildman–Crippen MR) is 266 cm³/mol. The highest BCUT2D eigenvalue weighted by atomic mass is 15.1. The minimum atomic E-state index is 0.0810. The van der Waals surface area contributed by atoms with E-state index < -0.39 is 0 Å². The van der Waals surface area contributed by atoms with Gasteiger partial charge in [0.05, 0.1) is 28.6 Å². The highest BCUT2D eigenvalue weighted by Crippen LogP contribution is 2.43. The van der Waals surface area contributed by atoms with E-state index >= 15 is 0 Å². The number of benzene rings is 9. The third-order valence-corrected chi connectivity index (χ3v) is 13.3. The summed E-state index contributed by atoms with van der Waals surface area (Å²) in [4.78, 5) is 4.82. The van der Waals surface area contributed by atoms with Crippen molar-refractivity contribution in [2.45, 2.75) is 19.3 Å². The molecule has 2 aromatic heterocycles. The van der Waals surface area contributed by atoms with E-state index in [1.807, 2.05) is 0 Å². The van der Waals surface area contributed by atoms with E-state index in [1.165, 1.54) is 88.2 Å². The Labute approximate surface area is 370 Å². The summed E-state index contributed by atoms with van der Waals surface area (Å²) in [6.07, 6.45) is 0.0810. The number of fused-ring (bicyclic) bond motifs is 9. The quantitative estimate of drug-likeness (QED) is 0.157. The Bertz CT molecular complexity index is 3610. The Kier molecular flexibility index (Phi) is 8.39. The molecule has 0 fully saturated rings. The Morgan fingerprint density at radius 2 is 0.875 bits per heavy atom. The van der Waals surface area contributed by atoms with E-state index in [0.717, 1.165) is 35.0 Å². The lowest BCUT2D eigenvalue weighted by Crippen LogP contribution is -2.32. The molecule has 0 saturated carbocycles. The van der Waals surface area contributed by atoms with Gasteiger partial charge in [0.25, 0.3) is 0 Å². The maximum absolute atomic E-state index is 4.82. The minimum absolute atomic E-state index is 0.0810. The second-order valence-corrected chi connectivity index (χ2v) is 16.9. The molecule has 0 saturated heterocycles. The first kappa shape index (κ1) is 36.5. The van der Waals surface area contributed by atoms with Crippen molar-refractivity contribution in [3.8, 4) is 33.6 Å². The summed E-state index contributed by atoms with van der Waals surface area (Å²) in [6.45, 7) is 1.54. The molecule has 11 aromatic rings. The van der Waals surface area contributed by atoms with E-state index in [9.17, 15) is 0 Å². The summed E-state index contributed by atoms with van der Waals surface area (Å²) in [5.41, 5.74) is 18.9. The Morgan fingerprint density at radius 1 is 0.406 bits per heavy atom. The molecule has 0 spiro atoms. The van der Waals surface area contributed by atoms with Crippen LogP contribution in [0.25, 0.3) is 77.2 Å². The number of nitrogens with one attached hydrogen (secondary N) is 3. The number of rotatable bonds is 6. The van der Waals surface area contributed by atoms with Gasteiger partial charge >= 0.3 is 0 Å². The summed E-state index contributed by atoms with van der Waals surface area (Å²) in [7, 11) is 0. The molecule has 13 rings (SSSR count). The van der Waals surface area contributed by atoms with Crippen LogP contribution >= 0.6 is 0 Å². The van der Waals surface area contributed by atoms with Crippen LogP contribution in [0.3, 0.4) is 0 Å². The molecular formula is C58H42N6. The zero-order chi connectivity index (χ0) is 42.1. The van der Waals surface area contributed by atoms with Gasteiger partial charge in [0, 0.05) is 56.4 Å². The number of hydrogen-bond acceptors (Lipinski definition) is 4. The van der Waals surface area contributed by atoms with Crippen molar-refractivity contribution in [2.75, 3.05) is 10.6 Å². The van der Waals surface area contributed by atoms with Crippen LogP contribution in [0.5, 0.6) is 0 Å². The number of anilines is 2. The van der Waals surface area contributed by atoms with Crippen LogP contribution < -0.4 is 16.0 Å². The number of aromatic nitrogens is 2. The third-order valence-electron chi connectivity index (χ3n) is 13.3. The topological polar surface area (TPSA) is 58.3 Å². The van der Waals surface area contributed by atoms with Gasteiger partial charge in [0.2, 0.25) is 0 Å². The molecule has 2 aliphatic heterocycles. The molecule has 304 valence electrons. The molecule has 0 amide bonds. The first-order chi connectivity index (χ1) is 31.7. The van der Waals surface area contributed by atoms with Crippen molar-refractivity contribution in [3.05, 3.63) is 229 Å². The van der Waals surface area contributed by atoms with Crippen LogP contribution in [-0.2, 0) is 13.1 Å². The van der Waals surface area contributed by atoms with Crippen LogP contribution in [0, 0.1) is 0 Å². The molecule has 4 heterocycles. The Morgan fingerprint density at radius 3 is 1.47 bits per heavy atom. The van der Waals surface area contributed by atoms with Crippen molar-refractivity contribution in [3.63, 3.8) is 0 Å². The highest BCUT2D eigenvalue weighted by molar-refractivity contribution is 6.29. The van der Waals surface area contributed by atoms with Gasteiger partial charge in [-0.2, -0.15) is 0 Å². The molecule has 6 heteroatoms. The first-order valence-electron chi connectivity index (χ1n) is 22.1. The number of hydrogen-bond donors (Lipinski definition) is 3. The molecule has 9 aromatic carbocycles. The average Bonchev–Trinajstić information content (AvgIpc) is 3.89. The van der Waals surface area contributed by atoms with E-state index in [0.29, 0.717) is 6.54 Å². The second-order valence-electron chi connectivity index (χ2n) is 16.9. The summed E-state index contributed by atoms with van der Waals surface area (Å²) in [6, 6.07) is 74.9. The molecule has 1 unspecified atom stereocenters. The molecule has 6 nitrogen and oxygen atoms in total. The SMILES string of the molecule is c1ccc2c(c1)CN=C(c1ccc(-c3ccc(-n4c5ccccc5c5c6c7ccccc7n(-c7ccc(-c8ccc(C9NCc%10ccccc%10N9)cc8)cc7)c6ccc54)cc3)cc1)N2. The van der Waals surface area contributed by atoms with Gasteiger partial charge in [-0.05, 0) is 99.6 Å². The van der Waals surface area contributed by atoms with Crippen LogP contribution in [-0.4, -0.2) is 15.0 Å². The largest absolute Gasteiger partial charge is 0.366 e. The lowest BCUT2D eigenvalue weighted by atomic mass is 10.0. The van der Waals surface area contributed by atoms with Crippen molar-refractivity contribution in [1.29, 1.82) is 0 Å². The van der Waals surface area contributed by atoms with Crippen LogP contribution in [0.4, 0.5) is 11.4 Å². The van der Waals surface area contributed by atoms with Crippen LogP contribution in [0.1, 0.15) is 28.4 Å². The molecule has 1 atom stereocenters. The van der Waals surface area contributed by atoms with Gasteiger partial charge in [-0.3, -0.25) is 10.3 Å². The third kappa shape index (κ3) is 5.95. The number of amidine groups is 1. The maximum Gasteiger partial charge on any atom is 0.133 e. The Hall–Kier alpha value is -8.19. The monoisotopic (exact) mass is 822 g/mol. The van der Waals surface area contributed by atoms with E-state index in [1.54, 1.807) is 0 Å². The Balaban J connectivity index is 0.832. The number of para-hydroxylation sites is 4. The standard InChI is InChI=1S/C58H42N6/c1-5-13-49-43(9-1)35-59-57(61-49)41-21-17-37(18-22-41)39-25-29-45(30-26-39)63-51-15-7-3-11-47(51)55-53(63)33-34-54-56(55)48-12-4-8-16-52(48)64(54)46-31-27-40(28-32-46)38-19-23-42(24-20-38)58-60-36-44-10-2-6-14-50(44)62-58/h1-34,57,59,61H,35-36H2,(H,60,62). The first-order valence-corrected chi connectivity index (χ1v) is 22.1. The summed E-state index contributed by atoms with van der Waals surface area (Å²) >= 11 is 0. The van der Waals surface area contributed by atoms with Gasteiger partial charge in [-0.1, -0.05) is 146 Å². The zero-order valence-corrected chi connectivity index (χ0v) is 35.0. The fourth-order valence-electron chi connectivity index (χ4n) is 10.1. The van der Waals surface area contributed by atoms with Crippen molar-refractivity contribution in [2.24, 2.45) is 4.99 Å². The van der Waals surface area contributed by atoms with Crippen molar-refractivity contribution < 1.29 is 0 Å². The van der Waals surface area contributed by atoms with Gasteiger partial charge < -0.3 is 19.8 Å². The van der Waals surface area contributed by atoms with Crippen molar-refractivity contribution >= 4 is 60.8 Å².